The van der Waals surface area contributed by atoms with Crippen molar-refractivity contribution in [2.45, 2.75) is 60.0 Å². The van der Waals surface area contributed by atoms with Gasteiger partial charge >= 0.3 is 17.9 Å². The number of hydrogen-bond donors (Lipinski definition) is 1. The molecule has 2 aromatic rings. The quantitative estimate of drug-likeness (QED) is 0.520. The van der Waals surface area contributed by atoms with Crippen molar-refractivity contribution in [3.05, 3.63) is 28.5 Å². The van der Waals surface area contributed by atoms with Crippen LogP contribution in [0.4, 0.5) is 0 Å². The van der Waals surface area contributed by atoms with Crippen LogP contribution in [0.5, 0.6) is 0 Å². The summed E-state index contributed by atoms with van der Waals surface area (Å²) >= 11 is 0. The molecule has 1 saturated carbocycles. The van der Waals surface area contributed by atoms with Crippen molar-refractivity contribution in [1.29, 1.82) is 0 Å². The molecule has 30 heavy (non-hydrogen) atoms. The van der Waals surface area contributed by atoms with E-state index in [0.29, 0.717) is 6.42 Å². The molecule has 1 aromatic carbocycles. The van der Waals surface area contributed by atoms with Gasteiger partial charge in [0.25, 0.3) is 0 Å². The number of benzene rings is 1. The molecule has 1 N–H and O–H groups in total. The molecule has 1 fully saturated rings. The molecule has 1 aliphatic rings. The first-order valence-corrected chi connectivity index (χ1v) is 10.2. The molecule has 8 nitrogen and oxygen atoms in total. The van der Waals surface area contributed by atoms with E-state index in [1.807, 2.05) is 19.9 Å². The molecule has 2 atom stereocenters. The molecular weight excluding hydrogens is 388 g/mol. The Bertz CT molecular complexity index is 995. The molecule has 0 radical (unpaired) electrons. The van der Waals surface area contributed by atoms with Gasteiger partial charge in [0.1, 0.15) is 6.61 Å². The summed E-state index contributed by atoms with van der Waals surface area (Å²) in [6.45, 7) is 9.22. The number of H-pyrrole nitrogens is 1. The molecule has 0 spiro atoms. The van der Waals surface area contributed by atoms with Crippen LogP contribution in [-0.4, -0.2) is 41.3 Å². The number of carbonyl (C=O) groups excluding carboxylic acids is 3. The van der Waals surface area contributed by atoms with Crippen LogP contribution >= 0.6 is 0 Å². The monoisotopic (exact) mass is 416 g/mol. The first kappa shape index (κ1) is 21.8. The van der Waals surface area contributed by atoms with E-state index in [4.69, 9.17) is 14.2 Å². The Morgan fingerprint density at radius 2 is 1.87 bits per heavy atom. The summed E-state index contributed by atoms with van der Waals surface area (Å²) < 4.78 is 15.7. The zero-order chi connectivity index (χ0) is 22.1. The molecular formula is C22H28N2O6. The second-order valence-corrected chi connectivity index (χ2v) is 7.73. The molecule has 0 unspecified atom stereocenters. The van der Waals surface area contributed by atoms with Gasteiger partial charge in [0.15, 0.2) is 0 Å². The van der Waals surface area contributed by atoms with Gasteiger partial charge in [0, 0.05) is 29.5 Å². The maximum absolute atomic E-state index is 12.9. The van der Waals surface area contributed by atoms with Crippen LogP contribution < -0.4 is 0 Å². The lowest BCUT2D eigenvalue weighted by Gasteiger charge is -2.18. The van der Waals surface area contributed by atoms with Gasteiger partial charge in [-0.2, -0.15) is 5.10 Å². The SMILES string of the molecule is CCOC(=O)C[C@@]1(C(=O)OCC)C[C@H]1c1cc(C)c2n[nH]c(C)c2c1COC(C)=O. The van der Waals surface area contributed by atoms with E-state index in [1.165, 1.54) is 6.92 Å². The van der Waals surface area contributed by atoms with Gasteiger partial charge in [-0.3, -0.25) is 19.5 Å². The number of rotatable bonds is 8. The van der Waals surface area contributed by atoms with Crippen LogP contribution in [0, 0.1) is 19.3 Å². The second-order valence-electron chi connectivity index (χ2n) is 7.73. The van der Waals surface area contributed by atoms with Gasteiger partial charge in [-0.05, 0) is 45.2 Å². The summed E-state index contributed by atoms with van der Waals surface area (Å²) in [4.78, 5) is 36.6. The van der Waals surface area contributed by atoms with Gasteiger partial charge < -0.3 is 14.2 Å². The van der Waals surface area contributed by atoms with Gasteiger partial charge in [-0.1, -0.05) is 6.07 Å². The Morgan fingerprint density at radius 3 is 2.50 bits per heavy atom. The van der Waals surface area contributed by atoms with Gasteiger partial charge in [0.05, 0.1) is 30.6 Å². The van der Waals surface area contributed by atoms with E-state index in [1.54, 1.807) is 13.8 Å². The van der Waals surface area contributed by atoms with E-state index in [0.717, 1.165) is 33.3 Å². The largest absolute Gasteiger partial charge is 0.466 e. The van der Waals surface area contributed by atoms with Crippen molar-refractivity contribution in [3.63, 3.8) is 0 Å². The van der Waals surface area contributed by atoms with Crippen molar-refractivity contribution >= 4 is 28.8 Å². The lowest BCUT2D eigenvalue weighted by molar-refractivity contribution is -0.156. The van der Waals surface area contributed by atoms with Crippen LogP contribution in [0.3, 0.4) is 0 Å². The third kappa shape index (κ3) is 3.91. The predicted molar refractivity (Wildman–Crippen MR) is 109 cm³/mol. The maximum Gasteiger partial charge on any atom is 0.313 e. The fraction of sp³-hybridized carbons (Fsp3) is 0.545. The summed E-state index contributed by atoms with van der Waals surface area (Å²) in [5.74, 6) is -1.45. The normalized spacial score (nSPS) is 20.1. The first-order valence-electron chi connectivity index (χ1n) is 10.2. The van der Waals surface area contributed by atoms with Crippen LogP contribution in [0.1, 0.15) is 61.9 Å². The minimum absolute atomic E-state index is 0.0429. The highest BCUT2D eigenvalue weighted by molar-refractivity contribution is 5.92. The van der Waals surface area contributed by atoms with Crippen molar-refractivity contribution in [3.8, 4) is 0 Å². The average Bonchev–Trinajstić information content (AvgIpc) is 3.27. The minimum Gasteiger partial charge on any atom is -0.466 e. The summed E-state index contributed by atoms with van der Waals surface area (Å²) in [6.07, 6.45) is 0.429. The number of ether oxygens (including phenoxy) is 3. The molecule has 0 saturated heterocycles. The lowest BCUT2D eigenvalue weighted by atomic mass is 9.89. The zero-order valence-electron chi connectivity index (χ0n) is 18.1. The number of nitrogens with zero attached hydrogens (tertiary/aromatic N) is 1. The maximum atomic E-state index is 12.9. The standard InChI is InChI=1S/C22H28N2O6/c1-6-28-18(26)10-22(21(27)29-7-2)9-17(22)15-8-12(3)20-19(13(4)23-24-20)16(15)11-30-14(5)25/h8,17H,6-7,9-11H2,1-5H3,(H,23,24)/t17-,22-/m0/s1. The fourth-order valence-corrected chi connectivity index (χ4v) is 4.21. The number of carbonyl (C=O) groups is 3. The van der Waals surface area contributed by atoms with E-state index in [9.17, 15) is 14.4 Å². The zero-order valence-corrected chi connectivity index (χ0v) is 18.1. The number of aryl methyl sites for hydroxylation is 2. The van der Waals surface area contributed by atoms with E-state index >= 15 is 0 Å². The van der Waals surface area contributed by atoms with Crippen LogP contribution in [0.15, 0.2) is 6.07 Å². The topological polar surface area (TPSA) is 108 Å². The van der Waals surface area contributed by atoms with Crippen molar-refractivity contribution in [2.24, 2.45) is 5.41 Å². The highest BCUT2D eigenvalue weighted by atomic mass is 16.5. The Kier molecular flexibility index (Phi) is 6.14. The third-order valence-corrected chi connectivity index (χ3v) is 5.66. The predicted octanol–water partition coefficient (Wildman–Crippen LogP) is 3.23. The van der Waals surface area contributed by atoms with E-state index < -0.39 is 23.3 Å². The molecule has 162 valence electrons. The highest BCUT2D eigenvalue weighted by Crippen LogP contribution is 2.63. The minimum atomic E-state index is -0.967. The van der Waals surface area contributed by atoms with Gasteiger partial charge in [0.2, 0.25) is 0 Å². The molecule has 1 aliphatic carbocycles. The first-order chi connectivity index (χ1) is 14.2. The Morgan fingerprint density at radius 1 is 1.17 bits per heavy atom. The average molecular weight is 416 g/mol. The summed E-state index contributed by atoms with van der Waals surface area (Å²) in [5, 5.41) is 8.24. The number of nitrogens with one attached hydrogen (secondary N) is 1. The molecule has 3 rings (SSSR count). The summed E-state index contributed by atoms with van der Waals surface area (Å²) in [7, 11) is 0. The Balaban J connectivity index is 2.08. The molecule has 0 bridgehead atoms. The number of fused-ring (bicyclic) bond motifs is 1. The van der Waals surface area contributed by atoms with E-state index in [-0.39, 0.29) is 32.2 Å². The molecule has 0 aliphatic heterocycles. The van der Waals surface area contributed by atoms with Crippen molar-refractivity contribution in [1.82, 2.24) is 10.2 Å². The smallest absolute Gasteiger partial charge is 0.313 e. The highest BCUT2D eigenvalue weighted by Gasteiger charge is 2.63. The number of esters is 3. The number of hydrogen-bond acceptors (Lipinski definition) is 7. The number of aromatic amines is 1. The molecule has 8 heteroatoms. The van der Waals surface area contributed by atoms with Gasteiger partial charge in [-0.15, -0.1) is 0 Å². The summed E-state index contributed by atoms with van der Waals surface area (Å²) in [6, 6.07) is 1.97. The Hall–Kier alpha value is -2.90. The van der Waals surface area contributed by atoms with Crippen molar-refractivity contribution in [2.75, 3.05) is 13.2 Å². The number of aromatic nitrogens is 2. The molecule has 1 heterocycles. The van der Waals surface area contributed by atoms with Gasteiger partial charge in [-0.25, -0.2) is 0 Å². The summed E-state index contributed by atoms with van der Waals surface area (Å²) in [5.41, 5.74) is 3.30. The van der Waals surface area contributed by atoms with Crippen LogP contribution in [0.2, 0.25) is 0 Å². The second kappa shape index (κ2) is 8.45. The van der Waals surface area contributed by atoms with Crippen molar-refractivity contribution < 1.29 is 28.6 Å². The van der Waals surface area contributed by atoms with E-state index in [2.05, 4.69) is 10.2 Å². The molecule has 0 amide bonds. The Labute approximate surface area is 175 Å². The van der Waals surface area contributed by atoms with Crippen LogP contribution in [0.25, 0.3) is 10.9 Å². The fourth-order valence-electron chi connectivity index (χ4n) is 4.21. The lowest BCUT2D eigenvalue weighted by Crippen LogP contribution is -2.25. The third-order valence-electron chi connectivity index (χ3n) is 5.66. The molecule has 1 aromatic heterocycles. The van der Waals surface area contributed by atoms with Crippen LogP contribution in [-0.2, 0) is 35.2 Å².